The van der Waals surface area contributed by atoms with Gasteiger partial charge in [0, 0.05) is 12.2 Å². The number of allylic oxidation sites excluding steroid dienone is 1. The highest BCUT2D eigenvalue weighted by atomic mass is 16.4. The number of carboxylic acids is 1. The van der Waals surface area contributed by atoms with Crippen molar-refractivity contribution in [2.75, 3.05) is 6.61 Å². The lowest BCUT2D eigenvalue weighted by Gasteiger charge is -2.09. The fourth-order valence-corrected chi connectivity index (χ4v) is 1.27. The zero-order valence-electron chi connectivity index (χ0n) is 8.29. The number of hydrogen-bond acceptors (Lipinski definition) is 2. The van der Waals surface area contributed by atoms with Gasteiger partial charge in [0.2, 0.25) is 0 Å². The number of rotatable bonds is 6. The van der Waals surface area contributed by atoms with Gasteiger partial charge >= 0.3 is 5.97 Å². The van der Waals surface area contributed by atoms with E-state index in [9.17, 15) is 4.79 Å². The van der Waals surface area contributed by atoms with E-state index >= 15 is 0 Å². The minimum Gasteiger partial charge on any atom is -0.478 e. The average molecular weight is 186 g/mol. The first-order valence-corrected chi connectivity index (χ1v) is 4.64. The topological polar surface area (TPSA) is 57.5 Å². The molecular formula is C10H18O3. The molecule has 1 unspecified atom stereocenters. The lowest BCUT2D eigenvalue weighted by atomic mass is 9.97. The maximum Gasteiger partial charge on any atom is 0.330 e. The van der Waals surface area contributed by atoms with Gasteiger partial charge in [0.1, 0.15) is 0 Å². The summed E-state index contributed by atoms with van der Waals surface area (Å²) in [6, 6.07) is 0. The molecule has 0 spiro atoms. The summed E-state index contributed by atoms with van der Waals surface area (Å²) in [5, 5.41) is 17.4. The lowest BCUT2D eigenvalue weighted by Crippen LogP contribution is -2.04. The van der Waals surface area contributed by atoms with E-state index in [1.54, 1.807) is 13.0 Å². The molecule has 0 fully saturated rings. The fourth-order valence-electron chi connectivity index (χ4n) is 1.27. The van der Waals surface area contributed by atoms with Crippen molar-refractivity contribution in [3.63, 3.8) is 0 Å². The molecule has 0 aromatic heterocycles. The molecule has 0 aliphatic rings. The van der Waals surface area contributed by atoms with E-state index in [1.807, 2.05) is 6.92 Å². The molecule has 0 saturated heterocycles. The number of aliphatic carboxylic acids is 1. The predicted octanol–water partition coefficient (Wildman–Crippen LogP) is 1.82. The van der Waals surface area contributed by atoms with Crippen LogP contribution in [0, 0.1) is 5.92 Å². The highest BCUT2D eigenvalue weighted by Crippen LogP contribution is 2.14. The molecule has 3 heteroatoms. The Hall–Kier alpha value is -0.830. The number of aliphatic hydroxyl groups is 1. The van der Waals surface area contributed by atoms with Crippen molar-refractivity contribution in [3.8, 4) is 0 Å². The molecule has 0 aliphatic heterocycles. The van der Waals surface area contributed by atoms with Gasteiger partial charge in [0.05, 0.1) is 0 Å². The zero-order chi connectivity index (χ0) is 10.3. The van der Waals surface area contributed by atoms with Crippen molar-refractivity contribution >= 4 is 5.97 Å². The highest BCUT2D eigenvalue weighted by molar-refractivity contribution is 5.85. The summed E-state index contributed by atoms with van der Waals surface area (Å²) in [6.45, 7) is 3.75. The van der Waals surface area contributed by atoms with E-state index in [0.29, 0.717) is 12.0 Å². The SMILES string of the molecule is CCCC(C=C(C)C(=O)O)CCO. The van der Waals surface area contributed by atoms with Gasteiger partial charge in [-0.05, 0) is 25.7 Å². The molecule has 0 rings (SSSR count). The second kappa shape index (κ2) is 6.66. The monoisotopic (exact) mass is 186 g/mol. The number of carbonyl (C=O) groups is 1. The van der Waals surface area contributed by atoms with Gasteiger partial charge in [-0.15, -0.1) is 0 Å². The van der Waals surface area contributed by atoms with Crippen LogP contribution in [0.3, 0.4) is 0 Å². The normalized spacial score (nSPS) is 14.2. The van der Waals surface area contributed by atoms with Gasteiger partial charge in [-0.25, -0.2) is 4.79 Å². The third kappa shape index (κ3) is 5.42. The van der Waals surface area contributed by atoms with Crippen LogP contribution in [0.4, 0.5) is 0 Å². The van der Waals surface area contributed by atoms with Gasteiger partial charge in [0.15, 0.2) is 0 Å². The summed E-state index contributed by atoms with van der Waals surface area (Å²) in [4.78, 5) is 10.5. The van der Waals surface area contributed by atoms with E-state index in [-0.39, 0.29) is 12.5 Å². The summed E-state index contributed by atoms with van der Waals surface area (Å²) in [5.41, 5.74) is 0.368. The molecule has 0 bridgehead atoms. The van der Waals surface area contributed by atoms with E-state index in [0.717, 1.165) is 12.8 Å². The minimum atomic E-state index is -0.876. The van der Waals surface area contributed by atoms with Gasteiger partial charge in [-0.1, -0.05) is 19.4 Å². The predicted molar refractivity (Wildman–Crippen MR) is 51.5 cm³/mol. The third-order valence-electron chi connectivity index (χ3n) is 1.98. The Morgan fingerprint density at radius 1 is 1.46 bits per heavy atom. The van der Waals surface area contributed by atoms with Gasteiger partial charge in [0.25, 0.3) is 0 Å². The minimum absolute atomic E-state index is 0.119. The van der Waals surface area contributed by atoms with Crippen molar-refractivity contribution < 1.29 is 15.0 Å². The molecule has 0 aromatic rings. The summed E-state index contributed by atoms with van der Waals surface area (Å²) in [5.74, 6) is -0.676. The molecule has 0 aliphatic carbocycles. The van der Waals surface area contributed by atoms with Crippen LogP contribution in [0.25, 0.3) is 0 Å². The summed E-state index contributed by atoms with van der Waals surface area (Å²) < 4.78 is 0. The largest absolute Gasteiger partial charge is 0.478 e. The van der Waals surface area contributed by atoms with E-state index < -0.39 is 5.97 Å². The van der Waals surface area contributed by atoms with Crippen LogP contribution in [0.2, 0.25) is 0 Å². The third-order valence-corrected chi connectivity index (χ3v) is 1.98. The van der Waals surface area contributed by atoms with Crippen LogP contribution in [-0.2, 0) is 4.79 Å². The van der Waals surface area contributed by atoms with Crippen LogP contribution in [0.15, 0.2) is 11.6 Å². The van der Waals surface area contributed by atoms with Crippen LogP contribution in [0.5, 0.6) is 0 Å². The van der Waals surface area contributed by atoms with Crippen molar-refractivity contribution in [2.45, 2.75) is 33.1 Å². The molecule has 3 nitrogen and oxygen atoms in total. The molecular weight excluding hydrogens is 168 g/mol. The first-order valence-electron chi connectivity index (χ1n) is 4.64. The van der Waals surface area contributed by atoms with Crippen LogP contribution in [0.1, 0.15) is 33.1 Å². The first kappa shape index (κ1) is 12.2. The van der Waals surface area contributed by atoms with Crippen molar-refractivity contribution in [2.24, 2.45) is 5.92 Å². The Labute approximate surface area is 79.1 Å². The maximum absolute atomic E-state index is 10.5. The van der Waals surface area contributed by atoms with Crippen molar-refractivity contribution in [3.05, 3.63) is 11.6 Å². The number of hydrogen-bond donors (Lipinski definition) is 2. The molecule has 0 radical (unpaired) electrons. The van der Waals surface area contributed by atoms with Gasteiger partial charge in [-0.3, -0.25) is 0 Å². The molecule has 0 heterocycles. The smallest absolute Gasteiger partial charge is 0.330 e. The van der Waals surface area contributed by atoms with E-state index in [1.165, 1.54) is 0 Å². The number of aliphatic hydroxyl groups excluding tert-OH is 1. The van der Waals surface area contributed by atoms with Gasteiger partial charge < -0.3 is 10.2 Å². The van der Waals surface area contributed by atoms with E-state index in [2.05, 4.69) is 0 Å². The summed E-state index contributed by atoms with van der Waals surface area (Å²) in [7, 11) is 0. The highest BCUT2D eigenvalue weighted by Gasteiger charge is 2.07. The lowest BCUT2D eigenvalue weighted by molar-refractivity contribution is -0.132. The average Bonchev–Trinajstić information content (AvgIpc) is 2.05. The Morgan fingerprint density at radius 3 is 2.46 bits per heavy atom. The Morgan fingerprint density at radius 2 is 2.08 bits per heavy atom. The maximum atomic E-state index is 10.5. The first-order chi connectivity index (χ1) is 6.11. The van der Waals surface area contributed by atoms with Crippen molar-refractivity contribution in [1.29, 1.82) is 0 Å². The van der Waals surface area contributed by atoms with Crippen LogP contribution < -0.4 is 0 Å². The zero-order valence-corrected chi connectivity index (χ0v) is 8.29. The molecule has 0 saturated carbocycles. The molecule has 13 heavy (non-hydrogen) atoms. The fraction of sp³-hybridized carbons (Fsp3) is 0.700. The second-order valence-electron chi connectivity index (χ2n) is 3.22. The van der Waals surface area contributed by atoms with Crippen LogP contribution >= 0.6 is 0 Å². The number of carboxylic acid groups (broad SMARTS) is 1. The van der Waals surface area contributed by atoms with Gasteiger partial charge in [-0.2, -0.15) is 0 Å². The Kier molecular flexibility index (Phi) is 6.24. The molecule has 1 atom stereocenters. The molecule has 76 valence electrons. The Balaban J connectivity index is 4.20. The second-order valence-corrected chi connectivity index (χ2v) is 3.22. The standard InChI is InChI=1S/C10H18O3/c1-3-4-9(5-6-11)7-8(2)10(12)13/h7,9,11H,3-6H2,1-2H3,(H,12,13). The summed E-state index contributed by atoms with van der Waals surface area (Å²) >= 11 is 0. The molecule has 0 aromatic carbocycles. The quantitative estimate of drug-likeness (QED) is 0.622. The van der Waals surface area contributed by atoms with Crippen molar-refractivity contribution in [1.82, 2.24) is 0 Å². The van der Waals surface area contributed by atoms with E-state index in [4.69, 9.17) is 10.2 Å². The Bertz CT molecular complexity index is 179. The molecule has 0 amide bonds. The molecule has 2 N–H and O–H groups in total. The summed E-state index contributed by atoms with van der Waals surface area (Å²) in [6.07, 6.45) is 4.33. The van der Waals surface area contributed by atoms with Crippen LogP contribution in [-0.4, -0.2) is 22.8 Å².